The largest absolute Gasteiger partial charge is 0.252 e. The van der Waals surface area contributed by atoms with Gasteiger partial charge in [0, 0.05) is 12.1 Å². The summed E-state index contributed by atoms with van der Waals surface area (Å²) in [5.74, 6) is 1.39. The Hall–Kier alpha value is -1.64. The summed E-state index contributed by atoms with van der Waals surface area (Å²) in [5, 5.41) is 4.43. The highest BCUT2D eigenvalue weighted by Crippen LogP contribution is 2.13. The van der Waals surface area contributed by atoms with Crippen molar-refractivity contribution in [3.05, 3.63) is 36.7 Å². The zero-order chi connectivity index (χ0) is 10.7. The van der Waals surface area contributed by atoms with Gasteiger partial charge in [-0.05, 0) is 5.92 Å². The van der Waals surface area contributed by atoms with Crippen LogP contribution >= 0.6 is 0 Å². The quantitative estimate of drug-likeness (QED) is 0.764. The Bertz CT molecular complexity index is 417. The first-order chi connectivity index (χ1) is 7.25. The van der Waals surface area contributed by atoms with E-state index in [1.54, 1.807) is 6.33 Å². The fourth-order valence-corrected chi connectivity index (χ4v) is 1.48. The van der Waals surface area contributed by atoms with E-state index in [9.17, 15) is 0 Å². The van der Waals surface area contributed by atoms with Crippen LogP contribution in [-0.2, 0) is 6.54 Å². The lowest BCUT2D eigenvalue weighted by Gasteiger charge is -2.02. The van der Waals surface area contributed by atoms with Crippen LogP contribution in [0.3, 0.4) is 0 Å². The smallest absolute Gasteiger partial charge is 0.181 e. The Balaban J connectivity index is 2.21. The summed E-state index contributed by atoms with van der Waals surface area (Å²) in [5.41, 5.74) is 1.07. The fourth-order valence-electron chi connectivity index (χ4n) is 1.48. The molecule has 2 rings (SSSR count). The van der Waals surface area contributed by atoms with E-state index in [1.807, 2.05) is 35.0 Å². The normalized spacial score (nSPS) is 10.9. The zero-order valence-corrected chi connectivity index (χ0v) is 9.09. The van der Waals surface area contributed by atoms with Gasteiger partial charge in [-0.15, -0.1) is 0 Å². The van der Waals surface area contributed by atoms with Gasteiger partial charge in [-0.2, -0.15) is 5.10 Å². The second kappa shape index (κ2) is 4.26. The number of aromatic nitrogens is 3. The molecule has 0 fully saturated rings. The van der Waals surface area contributed by atoms with Gasteiger partial charge in [0.05, 0.1) is 0 Å². The summed E-state index contributed by atoms with van der Waals surface area (Å²) in [6.45, 7) is 5.26. The Morgan fingerprint density at radius 1 is 1.20 bits per heavy atom. The van der Waals surface area contributed by atoms with Crippen molar-refractivity contribution in [2.75, 3.05) is 0 Å². The van der Waals surface area contributed by atoms with Gasteiger partial charge in [-0.1, -0.05) is 44.2 Å². The van der Waals surface area contributed by atoms with E-state index < -0.39 is 0 Å². The van der Waals surface area contributed by atoms with Gasteiger partial charge in [0.1, 0.15) is 6.33 Å². The van der Waals surface area contributed by atoms with E-state index in [4.69, 9.17) is 0 Å². The van der Waals surface area contributed by atoms with Crippen LogP contribution in [0.1, 0.15) is 13.8 Å². The predicted octanol–water partition coefficient (Wildman–Crippen LogP) is 2.60. The van der Waals surface area contributed by atoms with Crippen molar-refractivity contribution in [3.8, 4) is 11.4 Å². The minimum absolute atomic E-state index is 0.593. The van der Waals surface area contributed by atoms with E-state index in [-0.39, 0.29) is 0 Å². The Morgan fingerprint density at radius 3 is 2.60 bits per heavy atom. The van der Waals surface area contributed by atoms with Crippen LogP contribution in [0.15, 0.2) is 36.7 Å². The van der Waals surface area contributed by atoms with Crippen LogP contribution in [-0.4, -0.2) is 14.8 Å². The van der Waals surface area contributed by atoms with Crippen LogP contribution in [0.5, 0.6) is 0 Å². The number of benzene rings is 1. The monoisotopic (exact) mass is 201 g/mol. The molecular weight excluding hydrogens is 186 g/mol. The van der Waals surface area contributed by atoms with Crippen molar-refractivity contribution in [2.45, 2.75) is 20.4 Å². The second-order valence-electron chi connectivity index (χ2n) is 4.05. The molecule has 3 heteroatoms. The molecule has 2 aromatic rings. The lowest BCUT2D eigenvalue weighted by atomic mass is 10.2. The molecule has 0 bridgehead atoms. The number of hydrogen-bond acceptors (Lipinski definition) is 2. The Morgan fingerprint density at radius 2 is 1.93 bits per heavy atom. The van der Waals surface area contributed by atoms with Crippen LogP contribution in [0, 0.1) is 5.92 Å². The second-order valence-corrected chi connectivity index (χ2v) is 4.05. The molecule has 0 saturated heterocycles. The van der Waals surface area contributed by atoms with Crippen molar-refractivity contribution in [1.29, 1.82) is 0 Å². The third-order valence-corrected chi connectivity index (χ3v) is 2.12. The average Bonchev–Trinajstić information content (AvgIpc) is 2.67. The first-order valence-electron chi connectivity index (χ1n) is 5.20. The van der Waals surface area contributed by atoms with Gasteiger partial charge in [0.2, 0.25) is 0 Å². The SMILES string of the molecule is CC(C)Cn1cnc(-c2ccccc2)n1. The average molecular weight is 201 g/mol. The van der Waals surface area contributed by atoms with Crippen molar-refractivity contribution in [3.63, 3.8) is 0 Å². The predicted molar refractivity (Wildman–Crippen MR) is 60.3 cm³/mol. The number of hydrogen-bond donors (Lipinski definition) is 0. The van der Waals surface area contributed by atoms with Crippen molar-refractivity contribution in [1.82, 2.24) is 14.8 Å². The summed E-state index contributed by atoms with van der Waals surface area (Å²) in [6, 6.07) is 10.0. The molecule has 0 spiro atoms. The van der Waals surface area contributed by atoms with Crippen LogP contribution in [0.25, 0.3) is 11.4 Å². The molecule has 0 aliphatic carbocycles. The van der Waals surface area contributed by atoms with Crippen LogP contribution < -0.4 is 0 Å². The van der Waals surface area contributed by atoms with Gasteiger partial charge < -0.3 is 0 Å². The summed E-state index contributed by atoms with van der Waals surface area (Å²) < 4.78 is 1.90. The Labute approximate surface area is 89.8 Å². The van der Waals surface area contributed by atoms with Crippen LogP contribution in [0.2, 0.25) is 0 Å². The van der Waals surface area contributed by atoms with Gasteiger partial charge in [0.15, 0.2) is 5.82 Å². The van der Waals surface area contributed by atoms with E-state index in [1.165, 1.54) is 0 Å². The maximum absolute atomic E-state index is 4.43. The zero-order valence-electron chi connectivity index (χ0n) is 9.09. The van der Waals surface area contributed by atoms with E-state index in [0.29, 0.717) is 5.92 Å². The van der Waals surface area contributed by atoms with E-state index in [2.05, 4.69) is 23.9 Å². The number of nitrogens with zero attached hydrogens (tertiary/aromatic N) is 3. The van der Waals surface area contributed by atoms with E-state index >= 15 is 0 Å². The summed E-state index contributed by atoms with van der Waals surface area (Å²) in [6.07, 6.45) is 1.79. The van der Waals surface area contributed by atoms with Gasteiger partial charge in [-0.3, -0.25) is 4.68 Å². The molecule has 0 N–H and O–H groups in total. The first kappa shape index (κ1) is 9.90. The highest BCUT2D eigenvalue weighted by Gasteiger charge is 2.03. The lowest BCUT2D eigenvalue weighted by molar-refractivity contribution is 0.483. The molecule has 0 radical (unpaired) electrons. The summed E-state index contributed by atoms with van der Waals surface area (Å²) >= 11 is 0. The first-order valence-corrected chi connectivity index (χ1v) is 5.20. The van der Waals surface area contributed by atoms with Gasteiger partial charge in [-0.25, -0.2) is 4.98 Å². The fraction of sp³-hybridized carbons (Fsp3) is 0.333. The third kappa shape index (κ3) is 2.43. The highest BCUT2D eigenvalue weighted by atomic mass is 15.3. The molecule has 1 heterocycles. The molecule has 1 aromatic carbocycles. The Kier molecular flexibility index (Phi) is 2.81. The van der Waals surface area contributed by atoms with E-state index in [0.717, 1.165) is 17.9 Å². The maximum atomic E-state index is 4.43. The van der Waals surface area contributed by atoms with Crippen molar-refractivity contribution < 1.29 is 0 Å². The molecule has 0 amide bonds. The van der Waals surface area contributed by atoms with Gasteiger partial charge >= 0.3 is 0 Å². The summed E-state index contributed by atoms with van der Waals surface area (Å²) in [4.78, 5) is 4.29. The minimum atomic E-state index is 0.593. The molecule has 3 nitrogen and oxygen atoms in total. The molecule has 0 atom stereocenters. The summed E-state index contributed by atoms with van der Waals surface area (Å²) in [7, 11) is 0. The molecule has 0 aliphatic rings. The van der Waals surface area contributed by atoms with Crippen molar-refractivity contribution >= 4 is 0 Å². The van der Waals surface area contributed by atoms with Crippen molar-refractivity contribution in [2.24, 2.45) is 5.92 Å². The minimum Gasteiger partial charge on any atom is -0.252 e. The van der Waals surface area contributed by atoms with Gasteiger partial charge in [0.25, 0.3) is 0 Å². The molecule has 0 unspecified atom stereocenters. The molecular formula is C12H15N3. The molecule has 1 aromatic heterocycles. The molecule has 15 heavy (non-hydrogen) atoms. The third-order valence-electron chi connectivity index (χ3n) is 2.12. The number of rotatable bonds is 3. The standard InChI is InChI=1S/C12H15N3/c1-10(2)8-15-9-13-12(14-15)11-6-4-3-5-7-11/h3-7,9-10H,8H2,1-2H3. The van der Waals surface area contributed by atoms with Crippen LogP contribution in [0.4, 0.5) is 0 Å². The molecule has 0 aliphatic heterocycles. The molecule has 0 saturated carbocycles. The maximum Gasteiger partial charge on any atom is 0.181 e. The highest BCUT2D eigenvalue weighted by molar-refractivity contribution is 5.53. The molecule has 78 valence electrons. The topological polar surface area (TPSA) is 30.7 Å². The lowest BCUT2D eigenvalue weighted by Crippen LogP contribution is -2.04.